The van der Waals surface area contributed by atoms with Gasteiger partial charge in [-0.2, -0.15) is 0 Å². The van der Waals surface area contributed by atoms with Crippen molar-refractivity contribution in [1.82, 2.24) is 0 Å². The number of carbonyl (C=O) groups excluding carboxylic acids is 1. The number of benzene rings is 1. The van der Waals surface area contributed by atoms with Crippen molar-refractivity contribution < 1.29 is 9.53 Å². The summed E-state index contributed by atoms with van der Waals surface area (Å²) in [7, 11) is 1.45. The standard InChI is InChI=1S/C16H22ClNO2/c1-11-8-9-16(12(2)10-11,15(19)20-3)18-14-7-5-4-6-13(14)17/h4-7,11-12,18H,8-10H2,1-3H3. The quantitative estimate of drug-likeness (QED) is 0.853. The van der Waals surface area contributed by atoms with E-state index < -0.39 is 5.54 Å². The first kappa shape index (κ1) is 15.2. The summed E-state index contributed by atoms with van der Waals surface area (Å²) in [6, 6.07) is 7.52. The molecular formula is C16H22ClNO2. The monoisotopic (exact) mass is 295 g/mol. The number of anilines is 1. The largest absolute Gasteiger partial charge is 0.467 e. The molecule has 2 rings (SSSR count). The molecule has 3 atom stereocenters. The van der Waals surface area contributed by atoms with Crippen LogP contribution < -0.4 is 5.32 Å². The van der Waals surface area contributed by atoms with Crippen molar-refractivity contribution in [2.45, 2.75) is 38.6 Å². The van der Waals surface area contributed by atoms with Crippen molar-refractivity contribution in [3.05, 3.63) is 29.3 Å². The number of nitrogens with one attached hydrogen (secondary N) is 1. The topological polar surface area (TPSA) is 38.3 Å². The van der Waals surface area contributed by atoms with Crippen molar-refractivity contribution in [2.75, 3.05) is 12.4 Å². The predicted molar refractivity (Wildman–Crippen MR) is 82.0 cm³/mol. The van der Waals surface area contributed by atoms with Gasteiger partial charge in [0.05, 0.1) is 17.8 Å². The van der Waals surface area contributed by atoms with Crippen molar-refractivity contribution in [2.24, 2.45) is 11.8 Å². The summed E-state index contributed by atoms with van der Waals surface area (Å²) in [4.78, 5) is 12.4. The molecule has 3 nitrogen and oxygen atoms in total. The number of methoxy groups -OCH3 is 1. The zero-order valence-electron chi connectivity index (χ0n) is 12.3. The van der Waals surface area contributed by atoms with E-state index in [0.717, 1.165) is 24.9 Å². The average molecular weight is 296 g/mol. The third-order valence-electron chi connectivity index (χ3n) is 4.41. The maximum atomic E-state index is 12.4. The first-order valence-corrected chi connectivity index (χ1v) is 7.48. The van der Waals surface area contributed by atoms with Gasteiger partial charge in [0.15, 0.2) is 0 Å². The number of halogens is 1. The molecule has 1 aromatic carbocycles. The molecule has 1 aliphatic carbocycles. The lowest BCUT2D eigenvalue weighted by Crippen LogP contribution is -2.55. The van der Waals surface area contributed by atoms with Crippen molar-refractivity contribution in [1.29, 1.82) is 0 Å². The van der Waals surface area contributed by atoms with E-state index in [1.807, 2.05) is 24.3 Å². The van der Waals surface area contributed by atoms with Crippen LogP contribution in [0.25, 0.3) is 0 Å². The SMILES string of the molecule is COC(=O)C1(Nc2ccccc2Cl)CCC(C)CC1C. The lowest BCUT2D eigenvalue weighted by atomic mass is 9.69. The fourth-order valence-corrected chi connectivity index (χ4v) is 3.35. The van der Waals surface area contributed by atoms with Gasteiger partial charge in [0.25, 0.3) is 0 Å². The molecule has 20 heavy (non-hydrogen) atoms. The van der Waals surface area contributed by atoms with Crippen LogP contribution >= 0.6 is 11.6 Å². The fraction of sp³-hybridized carbons (Fsp3) is 0.562. The highest BCUT2D eigenvalue weighted by Gasteiger charge is 2.47. The fourth-order valence-electron chi connectivity index (χ4n) is 3.17. The number of rotatable bonds is 3. The minimum Gasteiger partial charge on any atom is -0.467 e. The number of esters is 1. The number of para-hydroxylation sites is 1. The first-order valence-electron chi connectivity index (χ1n) is 7.10. The van der Waals surface area contributed by atoms with Gasteiger partial charge in [-0.3, -0.25) is 0 Å². The molecule has 0 heterocycles. The van der Waals surface area contributed by atoms with Gasteiger partial charge in [0.2, 0.25) is 0 Å². The minimum absolute atomic E-state index is 0.197. The van der Waals surface area contributed by atoms with Crippen LogP contribution in [0.5, 0.6) is 0 Å². The van der Waals surface area contributed by atoms with E-state index in [1.165, 1.54) is 7.11 Å². The summed E-state index contributed by atoms with van der Waals surface area (Å²) in [5.74, 6) is 0.641. The number of hydrogen-bond acceptors (Lipinski definition) is 3. The molecule has 1 aromatic rings. The summed E-state index contributed by atoms with van der Waals surface area (Å²) >= 11 is 6.22. The van der Waals surface area contributed by atoms with Crippen molar-refractivity contribution >= 4 is 23.3 Å². The Balaban J connectivity index is 2.33. The Morgan fingerprint density at radius 1 is 1.40 bits per heavy atom. The zero-order chi connectivity index (χ0) is 14.8. The van der Waals surface area contributed by atoms with Crippen molar-refractivity contribution in [3.63, 3.8) is 0 Å². The van der Waals surface area contributed by atoms with Gasteiger partial charge in [-0.05, 0) is 43.2 Å². The molecule has 0 aromatic heterocycles. The summed E-state index contributed by atoms with van der Waals surface area (Å²) in [6.07, 6.45) is 2.79. The molecule has 0 aliphatic heterocycles. The van der Waals surface area contributed by atoms with Gasteiger partial charge >= 0.3 is 5.97 Å². The molecule has 0 spiro atoms. The Bertz CT molecular complexity index is 491. The highest BCUT2D eigenvalue weighted by Crippen LogP contribution is 2.41. The van der Waals surface area contributed by atoms with E-state index in [2.05, 4.69) is 19.2 Å². The van der Waals surface area contributed by atoms with Gasteiger partial charge in [0, 0.05) is 0 Å². The highest BCUT2D eigenvalue weighted by atomic mass is 35.5. The normalized spacial score (nSPS) is 29.8. The molecule has 1 saturated carbocycles. The van der Waals surface area contributed by atoms with E-state index in [0.29, 0.717) is 10.9 Å². The third-order valence-corrected chi connectivity index (χ3v) is 4.74. The molecule has 0 radical (unpaired) electrons. The molecule has 1 aliphatic rings. The van der Waals surface area contributed by atoms with E-state index >= 15 is 0 Å². The van der Waals surface area contributed by atoms with Gasteiger partial charge < -0.3 is 10.1 Å². The zero-order valence-corrected chi connectivity index (χ0v) is 13.0. The van der Waals surface area contributed by atoms with Crippen LogP contribution in [0.3, 0.4) is 0 Å². The molecule has 0 amide bonds. The summed E-state index contributed by atoms with van der Waals surface area (Å²) in [5.41, 5.74) is 0.118. The maximum Gasteiger partial charge on any atom is 0.331 e. The van der Waals surface area contributed by atoms with Gasteiger partial charge in [-0.25, -0.2) is 4.79 Å². The second-order valence-electron chi connectivity index (χ2n) is 5.85. The van der Waals surface area contributed by atoms with Crippen LogP contribution in [-0.4, -0.2) is 18.6 Å². The summed E-state index contributed by atoms with van der Waals surface area (Å²) < 4.78 is 5.07. The van der Waals surface area contributed by atoms with E-state index in [1.54, 1.807) is 0 Å². The molecule has 1 fully saturated rings. The lowest BCUT2D eigenvalue weighted by molar-refractivity contribution is -0.149. The Hall–Kier alpha value is -1.22. The van der Waals surface area contributed by atoms with Crippen molar-refractivity contribution in [3.8, 4) is 0 Å². The Kier molecular flexibility index (Phi) is 4.59. The maximum absolute atomic E-state index is 12.4. The number of hydrogen-bond donors (Lipinski definition) is 1. The third kappa shape index (κ3) is 2.78. The van der Waals surface area contributed by atoms with Crippen LogP contribution in [0.15, 0.2) is 24.3 Å². The molecular weight excluding hydrogens is 274 g/mol. The lowest BCUT2D eigenvalue weighted by Gasteiger charge is -2.43. The highest BCUT2D eigenvalue weighted by molar-refractivity contribution is 6.33. The molecule has 3 unspecified atom stereocenters. The summed E-state index contributed by atoms with van der Waals surface area (Å²) in [6.45, 7) is 4.34. The smallest absolute Gasteiger partial charge is 0.331 e. The molecule has 0 bridgehead atoms. The minimum atomic E-state index is -0.674. The van der Waals surface area contributed by atoms with E-state index in [-0.39, 0.29) is 11.9 Å². The van der Waals surface area contributed by atoms with Gasteiger partial charge in [0.1, 0.15) is 5.54 Å². The first-order chi connectivity index (χ1) is 9.49. The Morgan fingerprint density at radius 2 is 2.10 bits per heavy atom. The average Bonchev–Trinajstić information content (AvgIpc) is 2.43. The van der Waals surface area contributed by atoms with Crippen LogP contribution in [0.1, 0.15) is 33.1 Å². The van der Waals surface area contributed by atoms with Crippen LogP contribution in [0.2, 0.25) is 5.02 Å². The Morgan fingerprint density at radius 3 is 2.70 bits per heavy atom. The molecule has 0 saturated heterocycles. The van der Waals surface area contributed by atoms with E-state index in [4.69, 9.17) is 16.3 Å². The number of carbonyl (C=O) groups is 1. The number of ether oxygens (including phenoxy) is 1. The molecule has 1 N–H and O–H groups in total. The predicted octanol–water partition coefficient (Wildman–Crippen LogP) is 4.12. The van der Waals surface area contributed by atoms with E-state index in [9.17, 15) is 4.79 Å². The van der Waals surface area contributed by atoms with Crippen LogP contribution in [0, 0.1) is 11.8 Å². The van der Waals surface area contributed by atoms with Crippen LogP contribution in [0.4, 0.5) is 5.69 Å². The van der Waals surface area contributed by atoms with Crippen LogP contribution in [-0.2, 0) is 9.53 Å². The second kappa shape index (κ2) is 6.04. The van der Waals surface area contributed by atoms with Gasteiger partial charge in [-0.1, -0.05) is 37.6 Å². The summed E-state index contributed by atoms with van der Waals surface area (Å²) in [5, 5.41) is 4.00. The molecule has 4 heteroatoms. The Labute approximate surface area is 125 Å². The second-order valence-corrected chi connectivity index (χ2v) is 6.26. The van der Waals surface area contributed by atoms with Gasteiger partial charge in [-0.15, -0.1) is 0 Å². The molecule has 110 valence electrons.